The Bertz CT molecular complexity index is 928. The number of para-hydroxylation sites is 1. The molecule has 3 aromatic carbocycles. The van der Waals surface area contributed by atoms with Gasteiger partial charge in [-0.2, -0.15) is 0 Å². The lowest BCUT2D eigenvalue weighted by Crippen LogP contribution is -2.06. The van der Waals surface area contributed by atoms with Gasteiger partial charge in [0, 0.05) is 11.1 Å². The van der Waals surface area contributed by atoms with Gasteiger partial charge in [0.15, 0.2) is 5.78 Å². The summed E-state index contributed by atoms with van der Waals surface area (Å²) in [6.07, 6.45) is -0.0547. The molecule has 4 nitrogen and oxygen atoms in total. The van der Waals surface area contributed by atoms with Crippen molar-refractivity contribution in [1.82, 2.24) is 0 Å². The molecule has 3 aromatic rings. The van der Waals surface area contributed by atoms with Gasteiger partial charge in [0.25, 0.3) is 0 Å². The smallest absolute Gasteiger partial charge is 0.307 e. The normalized spacial score (nSPS) is 10.3. The first kappa shape index (κ1) is 17.4. The molecule has 3 rings (SSSR count). The molecular formula is C22H18O4. The molecule has 0 radical (unpaired) electrons. The van der Waals surface area contributed by atoms with Gasteiger partial charge in [0.05, 0.1) is 6.42 Å². The van der Waals surface area contributed by atoms with Crippen LogP contribution in [0.15, 0.2) is 72.8 Å². The molecule has 0 saturated heterocycles. The molecule has 26 heavy (non-hydrogen) atoms. The van der Waals surface area contributed by atoms with Crippen molar-refractivity contribution < 1.29 is 19.4 Å². The van der Waals surface area contributed by atoms with Gasteiger partial charge in [-0.25, -0.2) is 0 Å². The summed E-state index contributed by atoms with van der Waals surface area (Å²) < 4.78 is 5.73. The standard InChI is InChI=1S/C22H18O4/c1-15-13-16(14-21(23)24)7-12-20(15)22(25)17-8-10-19(11-9-17)26-18-5-3-2-4-6-18/h2-13H,14H2,1H3,(H,23,24). The van der Waals surface area contributed by atoms with Crippen molar-refractivity contribution in [2.75, 3.05) is 0 Å². The van der Waals surface area contributed by atoms with E-state index in [1.807, 2.05) is 37.3 Å². The molecule has 0 aliphatic rings. The molecule has 0 atom stereocenters. The van der Waals surface area contributed by atoms with Crippen LogP contribution in [0.1, 0.15) is 27.0 Å². The highest BCUT2D eigenvalue weighted by Crippen LogP contribution is 2.23. The Morgan fingerprint density at radius 2 is 1.54 bits per heavy atom. The maximum absolute atomic E-state index is 12.7. The number of carbonyl (C=O) groups is 2. The highest BCUT2D eigenvalue weighted by Gasteiger charge is 2.13. The third-order valence-electron chi connectivity index (χ3n) is 3.99. The maximum atomic E-state index is 12.7. The Balaban J connectivity index is 1.76. The van der Waals surface area contributed by atoms with Crippen molar-refractivity contribution in [1.29, 1.82) is 0 Å². The second-order valence-corrected chi connectivity index (χ2v) is 5.99. The molecule has 0 heterocycles. The number of benzene rings is 3. The van der Waals surface area contributed by atoms with Crippen molar-refractivity contribution >= 4 is 11.8 Å². The Hall–Kier alpha value is -3.40. The highest BCUT2D eigenvalue weighted by molar-refractivity contribution is 6.10. The van der Waals surface area contributed by atoms with Crippen molar-refractivity contribution in [3.63, 3.8) is 0 Å². The largest absolute Gasteiger partial charge is 0.481 e. The average molecular weight is 346 g/mol. The van der Waals surface area contributed by atoms with E-state index in [0.29, 0.717) is 22.4 Å². The molecule has 0 saturated carbocycles. The van der Waals surface area contributed by atoms with E-state index in [4.69, 9.17) is 9.84 Å². The summed E-state index contributed by atoms with van der Waals surface area (Å²) in [5.74, 6) is 0.394. The van der Waals surface area contributed by atoms with E-state index in [9.17, 15) is 9.59 Å². The van der Waals surface area contributed by atoms with E-state index >= 15 is 0 Å². The molecule has 130 valence electrons. The number of hydrogen-bond donors (Lipinski definition) is 1. The van der Waals surface area contributed by atoms with Crippen molar-refractivity contribution in [2.45, 2.75) is 13.3 Å². The van der Waals surface area contributed by atoms with Gasteiger partial charge >= 0.3 is 5.97 Å². The average Bonchev–Trinajstić information content (AvgIpc) is 2.62. The number of carboxylic acids is 1. The lowest BCUT2D eigenvalue weighted by Gasteiger charge is -2.09. The van der Waals surface area contributed by atoms with Crippen LogP contribution in [0.2, 0.25) is 0 Å². The monoisotopic (exact) mass is 346 g/mol. The fourth-order valence-electron chi connectivity index (χ4n) is 2.72. The SMILES string of the molecule is Cc1cc(CC(=O)O)ccc1C(=O)c1ccc(Oc2ccccc2)cc1. The van der Waals surface area contributed by atoms with E-state index < -0.39 is 5.97 Å². The first-order chi connectivity index (χ1) is 12.5. The number of ether oxygens (including phenoxy) is 1. The van der Waals surface area contributed by atoms with Crippen LogP contribution >= 0.6 is 0 Å². The molecular weight excluding hydrogens is 328 g/mol. The van der Waals surface area contributed by atoms with Crippen LogP contribution in [0.4, 0.5) is 0 Å². The summed E-state index contributed by atoms with van der Waals surface area (Å²) in [6, 6.07) is 21.5. The second kappa shape index (κ2) is 7.66. The minimum atomic E-state index is -0.891. The topological polar surface area (TPSA) is 63.6 Å². The van der Waals surface area contributed by atoms with Gasteiger partial charge in [-0.3, -0.25) is 9.59 Å². The van der Waals surface area contributed by atoms with Crippen molar-refractivity contribution in [3.05, 3.63) is 95.1 Å². The molecule has 0 spiro atoms. The molecule has 0 aliphatic carbocycles. The summed E-state index contributed by atoms with van der Waals surface area (Å²) in [5, 5.41) is 8.87. The van der Waals surface area contributed by atoms with Gasteiger partial charge < -0.3 is 9.84 Å². The number of carbonyl (C=O) groups excluding carboxylic acids is 1. The quantitative estimate of drug-likeness (QED) is 0.660. The second-order valence-electron chi connectivity index (χ2n) is 5.99. The van der Waals surface area contributed by atoms with Gasteiger partial charge in [-0.1, -0.05) is 36.4 Å². The van der Waals surface area contributed by atoms with Crippen LogP contribution in [-0.4, -0.2) is 16.9 Å². The summed E-state index contributed by atoms with van der Waals surface area (Å²) >= 11 is 0. The van der Waals surface area contributed by atoms with E-state index in [-0.39, 0.29) is 12.2 Å². The predicted octanol–water partition coefficient (Wildman–Crippen LogP) is 4.65. The number of aliphatic carboxylic acids is 1. The van der Waals surface area contributed by atoms with Gasteiger partial charge in [0.1, 0.15) is 11.5 Å². The molecule has 0 amide bonds. The Morgan fingerprint density at radius 1 is 0.885 bits per heavy atom. The molecule has 1 N–H and O–H groups in total. The molecule has 0 aliphatic heterocycles. The van der Waals surface area contributed by atoms with Crippen molar-refractivity contribution in [2.24, 2.45) is 0 Å². The first-order valence-corrected chi connectivity index (χ1v) is 8.22. The Morgan fingerprint density at radius 3 is 2.15 bits per heavy atom. The number of hydrogen-bond acceptors (Lipinski definition) is 3. The van der Waals surface area contributed by atoms with Crippen LogP contribution in [0.5, 0.6) is 11.5 Å². The lowest BCUT2D eigenvalue weighted by atomic mass is 9.96. The minimum absolute atomic E-state index is 0.0547. The van der Waals surface area contributed by atoms with Crippen LogP contribution in [0.25, 0.3) is 0 Å². The Labute approximate surface area is 151 Å². The lowest BCUT2D eigenvalue weighted by molar-refractivity contribution is -0.136. The third-order valence-corrected chi connectivity index (χ3v) is 3.99. The maximum Gasteiger partial charge on any atom is 0.307 e. The first-order valence-electron chi connectivity index (χ1n) is 8.22. The summed E-state index contributed by atoms with van der Waals surface area (Å²) in [7, 11) is 0. The number of ketones is 1. The van der Waals surface area contributed by atoms with E-state index in [0.717, 1.165) is 11.3 Å². The molecule has 0 fully saturated rings. The minimum Gasteiger partial charge on any atom is -0.481 e. The molecule has 0 unspecified atom stereocenters. The fraction of sp³-hybridized carbons (Fsp3) is 0.0909. The zero-order valence-corrected chi connectivity index (χ0v) is 14.3. The van der Waals surface area contributed by atoms with Crippen LogP contribution in [0.3, 0.4) is 0 Å². The highest BCUT2D eigenvalue weighted by atomic mass is 16.5. The van der Waals surface area contributed by atoms with Gasteiger partial charge in [0.2, 0.25) is 0 Å². The summed E-state index contributed by atoms with van der Waals surface area (Å²) in [4.78, 5) is 23.5. The van der Waals surface area contributed by atoms with Crippen LogP contribution in [0, 0.1) is 6.92 Å². The zero-order valence-electron chi connectivity index (χ0n) is 14.3. The predicted molar refractivity (Wildman–Crippen MR) is 98.9 cm³/mol. The molecule has 0 aromatic heterocycles. The Kier molecular flexibility index (Phi) is 5.13. The number of aryl methyl sites for hydroxylation is 1. The third kappa shape index (κ3) is 4.16. The van der Waals surface area contributed by atoms with Gasteiger partial charge in [-0.15, -0.1) is 0 Å². The fourth-order valence-corrected chi connectivity index (χ4v) is 2.72. The van der Waals surface area contributed by atoms with E-state index in [2.05, 4.69) is 0 Å². The summed E-state index contributed by atoms with van der Waals surface area (Å²) in [6.45, 7) is 1.81. The zero-order chi connectivity index (χ0) is 18.5. The molecule has 4 heteroatoms. The number of rotatable bonds is 6. The molecule has 0 bridgehead atoms. The summed E-state index contributed by atoms with van der Waals surface area (Å²) in [5.41, 5.74) is 2.56. The van der Waals surface area contributed by atoms with E-state index in [1.54, 1.807) is 42.5 Å². The van der Waals surface area contributed by atoms with Crippen LogP contribution < -0.4 is 4.74 Å². The van der Waals surface area contributed by atoms with Crippen molar-refractivity contribution in [3.8, 4) is 11.5 Å². The number of carboxylic acid groups (broad SMARTS) is 1. The van der Waals surface area contributed by atoms with E-state index in [1.165, 1.54) is 0 Å². The van der Waals surface area contributed by atoms with Gasteiger partial charge in [-0.05, 0) is 54.4 Å². The van der Waals surface area contributed by atoms with Crippen LogP contribution in [-0.2, 0) is 11.2 Å².